The van der Waals surface area contributed by atoms with Crippen LogP contribution in [-0.2, 0) is 41.5 Å². The molecule has 5 aromatic carbocycles. The van der Waals surface area contributed by atoms with Gasteiger partial charge in [-0.05, 0) is 111 Å². The van der Waals surface area contributed by atoms with Crippen molar-refractivity contribution in [1.82, 2.24) is 0 Å². The van der Waals surface area contributed by atoms with Crippen LogP contribution in [0.4, 0.5) is 37.7 Å². The number of esters is 2. The van der Waals surface area contributed by atoms with Crippen LogP contribution in [0.5, 0.6) is 11.5 Å². The van der Waals surface area contributed by atoms with Crippen molar-refractivity contribution in [3.63, 3.8) is 0 Å². The zero-order valence-electron chi connectivity index (χ0n) is 35.3. The monoisotopic (exact) mass is 896 g/mol. The zero-order valence-corrected chi connectivity index (χ0v) is 35.3. The van der Waals surface area contributed by atoms with Gasteiger partial charge >= 0.3 is 24.3 Å². The van der Waals surface area contributed by atoms with E-state index in [0.717, 1.165) is 36.4 Å². The molecule has 2 N–H and O–H groups in total. The summed E-state index contributed by atoms with van der Waals surface area (Å²) < 4.78 is 103. The van der Waals surface area contributed by atoms with Crippen molar-refractivity contribution in [2.24, 2.45) is 0 Å². The van der Waals surface area contributed by atoms with Crippen LogP contribution in [0.25, 0.3) is 21.5 Å². The first-order chi connectivity index (χ1) is 29.7. The largest absolute Gasteiger partial charge is 0.482 e. The van der Waals surface area contributed by atoms with Crippen LogP contribution in [0.15, 0.2) is 84.9 Å². The van der Waals surface area contributed by atoms with Gasteiger partial charge in [-0.2, -0.15) is 26.3 Å². The lowest BCUT2D eigenvalue weighted by Gasteiger charge is -2.20. The zero-order chi connectivity index (χ0) is 47.4. The Hall–Kier alpha value is -6.98. The van der Waals surface area contributed by atoms with Crippen LogP contribution in [0.3, 0.4) is 0 Å². The van der Waals surface area contributed by atoms with E-state index in [1.54, 1.807) is 90.1 Å². The number of ketones is 2. The molecule has 0 spiro atoms. The highest BCUT2D eigenvalue weighted by Crippen LogP contribution is 2.36. The van der Waals surface area contributed by atoms with Gasteiger partial charge in [-0.15, -0.1) is 0 Å². The first kappa shape index (κ1) is 48.1. The molecule has 0 radical (unpaired) electrons. The van der Waals surface area contributed by atoms with Crippen LogP contribution < -0.4 is 20.1 Å². The molecule has 0 aliphatic rings. The predicted octanol–water partition coefficient (Wildman–Crippen LogP) is 9.29. The molecule has 5 aromatic rings. The van der Waals surface area contributed by atoms with E-state index in [-0.39, 0.29) is 11.5 Å². The van der Waals surface area contributed by atoms with Gasteiger partial charge in [0.15, 0.2) is 13.2 Å². The Morgan fingerprint density at radius 3 is 1.08 bits per heavy atom. The molecule has 0 heterocycles. The molecular formula is C46H42F6N2O10. The summed E-state index contributed by atoms with van der Waals surface area (Å²) >= 11 is 0. The van der Waals surface area contributed by atoms with Crippen LogP contribution in [0, 0.1) is 0 Å². The number of fused-ring (bicyclic) bond motifs is 2. The maximum Gasteiger partial charge on any atom is 0.454 e. The number of carbonyl (C=O) groups excluding carboxylic acids is 6. The number of alkyl halides is 6. The fraction of sp³-hybridized carbons (Fsp3) is 0.304. The van der Waals surface area contributed by atoms with E-state index in [0.29, 0.717) is 32.7 Å². The maximum atomic E-state index is 13.8. The molecule has 0 bridgehead atoms. The quantitative estimate of drug-likeness (QED) is 0.0475. The number of rotatable bonds is 14. The number of amides is 2. The van der Waals surface area contributed by atoms with Gasteiger partial charge in [0.2, 0.25) is 11.8 Å². The minimum absolute atomic E-state index is 0.280. The van der Waals surface area contributed by atoms with Crippen LogP contribution in [-0.4, -0.2) is 72.1 Å². The first-order valence-electron chi connectivity index (χ1n) is 19.4. The molecule has 0 unspecified atom stereocenters. The second-order valence-electron chi connectivity index (χ2n) is 16.3. The standard InChI is InChI=1S/C46H42F6N2O10/c1-43(2,3)63-39(57)23-61-25-15-17-35(33(19-25)41(59)45(47,48)49)53-37(55)21-31-27-11-7-9-13-29(27)32(30-14-10-8-12-28(30)31)22-38(56)54-36-18-16-26(20-34(36)42(60)46(50,51)52)62-24-40(58)64-44(4,5)6/h7-20H,21-24H2,1-6H3,(H,53,55)(H,54,56). The van der Waals surface area contributed by atoms with Crippen LogP contribution >= 0.6 is 0 Å². The average Bonchev–Trinajstić information content (AvgIpc) is 3.18. The van der Waals surface area contributed by atoms with Crippen LogP contribution in [0.1, 0.15) is 73.4 Å². The van der Waals surface area contributed by atoms with Crippen molar-refractivity contribution in [3.05, 3.63) is 107 Å². The summed E-state index contributed by atoms with van der Waals surface area (Å²) in [5, 5.41) is 6.52. The lowest BCUT2D eigenvalue weighted by Crippen LogP contribution is -2.27. The van der Waals surface area contributed by atoms with Gasteiger partial charge in [0.1, 0.15) is 22.7 Å². The molecule has 0 saturated heterocycles. The number of Topliss-reactive ketones (excluding diaryl/α,β-unsaturated/α-hetero) is 2. The van der Waals surface area contributed by atoms with Crippen molar-refractivity contribution in [2.45, 2.75) is 77.9 Å². The molecule has 338 valence electrons. The first-order valence-corrected chi connectivity index (χ1v) is 19.4. The normalized spacial score (nSPS) is 12.1. The summed E-state index contributed by atoms with van der Waals surface area (Å²) in [6.07, 6.45) is -11.6. The summed E-state index contributed by atoms with van der Waals surface area (Å²) in [7, 11) is 0. The number of hydrogen-bond acceptors (Lipinski definition) is 10. The Morgan fingerprint density at radius 2 is 0.797 bits per heavy atom. The predicted molar refractivity (Wildman–Crippen MR) is 222 cm³/mol. The fourth-order valence-corrected chi connectivity index (χ4v) is 6.55. The van der Waals surface area contributed by atoms with E-state index in [1.807, 2.05) is 0 Å². The van der Waals surface area contributed by atoms with E-state index >= 15 is 0 Å². The molecular weight excluding hydrogens is 854 g/mol. The highest BCUT2D eigenvalue weighted by Gasteiger charge is 2.42. The molecule has 0 aliphatic carbocycles. The van der Waals surface area contributed by atoms with Gasteiger partial charge in [-0.1, -0.05) is 48.5 Å². The number of nitrogens with one attached hydrogen (secondary N) is 2. The molecule has 5 rings (SSSR count). The van der Waals surface area contributed by atoms with Gasteiger partial charge in [-0.3, -0.25) is 19.2 Å². The molecule has 0 atom stereocenters. The number of ether oxygens (including phenoxy) is 4. The molecule has 18 heteroatoms. The molecule has 2 amide bonds. The molecule has 0 saturated carbocycles. The van der Waals surface area contributed by atoms with E-state index in [1.165, 1.54) is 0 Å². The molecule has 0 aliphatic heterocycles. The number of halogens is 6. The molecule has 12 nitrogen and oxygen atoms in total. The van der Waals surface area contributed by atoms with Gasteiger partial charge in [0, 0.05) is 0 Å². The summed E-state index contributed by atoms with van der Waals surface area (Å²) in [6.45, 7) is 8.26. The van der Waals surface area contributed by atoms with Crippen molar-refractivity contribution < 1.29 is 74.1 Å². The second kappa shape index (κ2) is 18.8. The molecule has 0 fully saturated rings. The Bertz CT molecular complexity index is 2410. The summed E-state index contributed by atoms with van der Waals surface area (Å²) in [4.78, 5) is 76.8. The third-order valence-electron chi connectivity index (χ3n) is 8.92. The highest BCUT2D eigenvalue weighted by atomic mass is 19.4. The summed E-state index contributed by atoms with van der Waals surface area (Å²) in [5.41, 5.74) is -3.88. The van der Waals surface area contributed by atoms with Crippen molar-refractivity contribution in [3.8, 4) is 11.5 Å². The average molecular weight is 897 g/mol. The Kier molecular flexibility index (Phi) is 14.1. The lowest BCUT2D eigenvalue weighted by molar-refractivity contribution is -0.158. The Balaban J connectivity index is 1.44. The smallest absolute Gasteiger partial charge is 0.454 e. The third-order valence-corrected chi connectivity index (χ3v) is 8.92. The Labute approximate surface area is 362 Å². The van der Waals surface area contributed by atoms with Crippen molar-refractivity contribution in [1.29, 1.82) is 0 Å². The summed E-state index contributed by atoms with van der Waals surface area (Å²) in [6, 6.07) is 19.0. The molecule has 0 aromatic heterocycles. The van der Waals surface area contributed by atoms with E-state index in [4.69, 9.17) is 18.9 Å². The van der Waals surface area contributed by atoms with Gasteiger partial charge in [0.05, 0.1) is 35.3 Å². The van der Waals surface area contributed by atoms with Gasteiger partial charge < -0.3 is 29.6 Å². The van der Waals surface area contributed by atoms with Crippen molar-refractivity contribution in [2.75, 3.05) is 23.8 Å². The van der Waals surface area contributed by atoms with E-state index in [2.05, 4.69) is 10.6 Å². The minimum atomic E-state index is -5.35. The molecule has 64 heavy (non-hydrogen) atoms. The van der Waals surface area contributed by atoms with E-state index in [9.17, 15) is 55.1 Å². The number of hydrogen-bond donors (Lipinski definition) is 2. The Morgan fingerprint density at radius 1 is 0.484 bits per heavy atom. The number of carbonyl (C=O) groups is 6. The minimum Gasteiger partial charge on any atom is -0.482 e. The highest BCUT2D eigenvalue weighted by molar-refractivity contribution is 6.13. The number of anilines is 2. The maximum absolute atomic E-state index is 13.8. The second-order valence-corrected chi connectivity index (χ2v) is 16.3. The van der Waals surface area contributed by atoms with Crippen LogP contribution in [0.2, 0.25) is 0 Å². The van der Waals surface area contributed by atoms with E-state index < -0.39 is 107 Å². The van der Waals surface area contributed by atoms with Gasteiger partial charge in [-0.25, -0.2) is 9.59 Å². The summed E-state index contributed by atoms with van der Waals surface area (Å²) in [5.74, 6) is -8.44. The SMILES string of the molecule is CC(C)(C)OC(=O)COc1ccc(NC(=O)Cc2c3ccccc3c(CC(=O)Nc3ccc(OCC(=O)OC(C)(C)C)cc3C(=O)C(F)(F)F)c3ccccc23)c(C(=O)C(F)(F)F)c1. The third kappa shape index (κ3) is 12.6. The van der Waals surface area contributed by atoms with Gasteiger partial charge in [0.25, 0.3) is 11.6 Å². The number of benzene rings is 5. The lowest BCUT2D eigenvalue weighted by atomic mass is 9.88. The van der Waals surface area contributed by atoms with Crippen molar-refractivity contribution >= 4 is 68.2 Å². The fourth-order valence-electron chi connectivity index (χ4n) is 6.55. The topological polar surface area (TPSA) is 163 Å².